The Balaban J connectivity index is 2.04. The van der Waals surface area contributed by atoms with Crippen molar-refractivity contribution in [2.45, 2.75) is 16.5 Å². The van der Waals surface area contributed by atoms with Gasteiger partial charge in [0.25, 0.3) is 0 Å². The zero-order valence-corrected chi connectivity index (χ0v) is 13.1. The predicted octanol–water partition coefficient (Wildman–Crippen LogP) is 4.15. The normalized spacial score (nSPS) is 11.0. The van der Waals surface area contributed by atoms with Gasteiger partial charge in [-0.25, -0.2) is 9.97 Å². The average molecular weight is 316 g/mol. The van der Waals surface area contributed by atoms with Crippen molar-refractivity contribution in [1.29, 1.82) is 0 Å². The molecule has 0 fully saturated rings. The zero-order valence-electron chi connectivity index (χ0n) is 11.5. The Hall–Kier alpha value is -1.62. The molecular formula is C16H14ClN3S. The second-order valence-electron chi connectivity index (χ2n) is 4.58. The van der Waals surface area contributed by atoms with E-state index in [9.17, 15) is 0 Å². The van der Waals surface area contributed by atoms with E-state index in [1.54, 1.807) is 18.1 Å². The van der Waals surface area contributed by atoms with Crippen molar-refractivity contribution in [2.75, 3.05) is 7.05 Å². The third-order valence-electron chi connectivity index (χ3n) is 3.11. The van der Waals surface area contributed by atoms with E-state index >= 15 is 0 Å². The number of halogens is 1. The minimum atomic E-state index is 0.732. The van der Waals surface area contributed by atoms with Crippen LogP contribution in [0, 0.1) is 0 Å². The minimum absolute atomic E-state index is 0.732. The van der Waals surface area contributed by atoms with E-state index in [0.717, 1.165) is 32.4 Å². The molecule has 2 aromatic carbocycles. The summed E-state index contributed by atoms with van der Waals surface area (Å²) in [6.07, 6.45) is 1.60. The second kappa shape index (κ2) is 6.43. The van der Waals surface area contributed by atoms with Crippen LogP contribution < -0.4 is 5.32 Å². The van der Waals surface area contributed by atoms with Crippen LogP contribution in [0.25, 0.3) is 10.9 Å². The summed E-state index contributed by atoms with van der Waals surface area (Å²) in [5.41, 5.74) is 2.15. The number of rotatable bonds is 4. The van der Waals surface area contributed by atoms with E-state index in [4.69, 9.17) is 11.6 Å². The van der Waals surface area contributed by atoms with Crippen LogP contribution in [0.5, 0.6) is 0 Å². The lowest BCUT2D eigenvalue weighted by molar-refractivity contribution is 0.803. The van der Waals surface area contributed by atoms with Gasteiger partial charge in [0.2, 0.25) is 0 Å². The highest BCUT2D eigenvalue weighted by Gasteiger charge is 2.09. The summed E-state index contributed by atoms with van der Waals surface area (Å²) in [5.74, 6) is 0. The largest absolute Gasteiger partial charge is 0.316 e. The molecule has 0 radical (unpaired) electrons. The summed E-state index contributed by atoms with van der Waals surface area (Å²) in [5, 5.41) is 5.91. The summed E-state index contributed by atoms with van der Waals surface area (Å²) < 4.78 is 0. The van der Waals surface area contributed by atoms with Crippen molar-refractivity contribution in [1.82, 2.24) is 15.3 Å². The Kier molecular flexibility index (Phi) is 4.39. The van der Waals surface area contributed by atoms with Gasteiger partial charge in [-0.3, -0.25) is 0 Å². The first-order chi connectivity index (χ1) is 10.3. The first kappa shape index (κ1) is 14.3. The fourth-order valence-electron chi connectivity index (χ4n) is 2.13. The van der Waals surface area contributed by atoms with Gasteiger partial charge in [-0.05, 0) is 30.8 Å². The molecule has 3 aromatic rings. The lowest BCUT2D eigenvalue weighted by atomic mass is 10.2. The van der Waals surface area contributed by atoms with E-state index in [0.29, 0.717) is 0 Å². The van der Waals surface area contributed by atoms with Crippen molar-refractivity contribution >= 4 is 34.3 Å². The number of fused-ring (bicyclic) bond motifs is 1. The quantitative estimate of drug-likeness (QED) is 0.734. The van der Waals surface area contributed by atoms with Crippen LogP contribution in [0.15, 0.2) is 58.7 Å². The van der Waals surface area contributed by atoms with Gasteiger partial charge in [-0.1, -0.05) is 47.6 Å². The molecule has 1 aromatic heterocycles. The second-order valence-corrected chi connectivity index (χ2v) is 6.05. The Morgan fingerprint density at radius 2 is 2.00 bits per heavy atom. The van der Waals surface area contributed by atoms with Crippen LogP contribution in [0.1, 0.15) is 5.56 Å². The zero-order chi connectivity index (χ0) is 14.7. The number of nitrogens with one attached hydrogen (secondary N) is 1. The number of aromatic nitrogens is 2. The van der Waals surface area contributed by atoms with Crippen LogP contribution in [-0.4, -0.2) is 17.0 Å². The summed E-state index contributed by atoms with van der Waals surface area (Å²) >= 11 is 7.76. The predicted molar refractivity (Wildman–Crippen MR) is 87.9 cm³/mol. The maximum Gasteiger partial charge on any atom is 0.117 e. The Morgan fingerprint density at radius 1 is 1.14 bits per heavy atom. The highest BCUT2D eigenvalue weighted by atomic mass is 35.5. The maximum atomic E-state index is 6.13. The molecule has 0 unspecified atom stereocenters. The molecular weight excluding hydrogens is 302 g/mol. The minimum Gasteiger partial charge on any atom is -0.316 e. The van der Waals surface area contributed by atoms with E-state index < -0.39 is 0 Å². The number of hydrogen-bond donors (Lipinski definition) is 1. The van der Waals surface area contributed by atoms with Crippen LogP contribution in [0.4, 0.5) is 0 Å². The van der Waals surface area contributed by atoms with Gasteiger partial charge < -0.3 is 5.32 Å². The van der Waals surface area contributed by atoms with Gasteiger partial charge in [0.15, 0.2) is 0 Å². The summed E-state index contributed by atoms with van der Waals surface area (Å²) in [7, 11) is 1.93. The van der Waals surface area contributed by atoms with Crippen LogP contribution in [-0.2, 0) is 6.54 Å². The monoisotopic (exact) mass is 315 g/mol. The summed E-state index contributed by atoms with van der Waals surface area (Å²) in [6, 6.07) is 14.0. The summed E-state index contributed by atoms with van der Waals surface area (Å²) in [6.45, 7) is 0.794. The Labute approximate surface area is 132 Å². The number of para-hydroxylation sites is 1. The maximum absolute atomic E-state index is 6.13. The van der Waals surface area contributed by atoms with Crippen molar-refractivity contribution in [3.05, 3.63) is 59.4 Å². The first-order valence-electron chi connectivity index (χ1n) is 6.58. The van der Waals surface area contributed by atoms with Crippen molar-refractivity contribution in [3.8, 4) is 0 Å². The molecule has 1 heterocycles. The number of nitrogens with zero attached hydrogens (tertiary/aromatic N) is 2. The molecule has 0 atom stereocenters. The van der Waals surface area contributed by atoms with Gasteiger partial charge in [-0.15, -0.1) is 0 Å². The Morgan fingerprint density at radius 3 is 2.86 bits per heavy atom. The van der Waals surface area contributed by atoms with Crippen LogP contribution >= 0.6 is 23.4 Å². The summed E-state index contributed by atoms with van der Waals surface area (Å²) in [4.78, 5) is 9.83. The lowest BCUT2D eigenvalue weighted by Crippen LogP contribution is -2.06. The molecule has 5 heteroatoms. The lowest BCUT2D eigenvalue weighted by Gasteiger charge is -2.10. The first-order valence-corrected chi connectivity index (χ1v) is 7.78. The molecule has 0 aliphatic rings. The molecule has 0 aliphatic heterocycles. The van der Waals surface area contributed by atoms with Crippen LogP contribution in [0.2, 0.25) is 5.02 Å². The highest BCUT2D eigenvalue weighted by molar-refractivity contribution is 7.99. The van der Waals surface area contributed by atoms with Crippen molar-refractivity contribution in [3.63, 3.8) is 0 Å². The van der Waals surface area contributed by atoms with E-state index in [1.807, 2.05) is 49.5 Å². The average Bonchev–Trinajstić information content (AvgIpc) is 2.50. The molecule has 0 spiro atoms. The van der Waals surface area contributed by atoms with E-state index in [-0.39, 0.29) is 0 Å². The smallest absolute Gasteiger partial charge is 0.117 e. The molecule has 0 bridgehead atoms. The third kappa shape index (κ3) is 3.18. The topological polar surface area (TPSA) is 37.8 Å². The molecule has 21 heavy (non-hydrogen) atoms. The molecule has 3 nitrogen and oxygen atoms in total. The standard InChI is InChI=1S/C16H14ClN3S/c1-18-9-11-6-7-12(17)8-15(11)21-16-13-4-2-3-5-14(13)19-10-20-16/h2-8,10,18H,9H2,1H3. The molecule has 0 aliphatic carbocycles. The van der Waals surface area contributed by atoms with Crippen molar-refractivity contribution < 1.29 is 0 Å². The highest BCUT2D eigenvalue weighted by Crippen LogP contribution is 2.34. The number of hydrogen-bond acceptors (Lipinski definition) is 4. The van der Waals surface area contributed by atoms with Gasteiger partial charge in [-0.2, -0.15) is 0 Å². The van der Waals surface area contributed by atoms with E-state index in [1.165, 1.54) is 5.56 Å². The SMILES string of the molecule is CNCc1ccc(Cl)cc1Sc1ncnc2ccccc12. The van der Waals surface area contributed by atoms with Gasteiger partial charge in [0.05, 0.1) is 5.52 Å². The molecule has 0 saturated carbocycles. The van der Waals surface area contributed by atoms with Gasteiger partial charge in [0, 0.05) is 21.8 Å². The van der Waals surface area contributed by atoms with E-state index in [2.05, 4.69) is 15.3 Å². The van der Waals surface area contributed by atoms with Gasteiger partial charge >= 0.3 is 0 Å². The van der Waals surface area contributed by atoms with Crippen LogP contribution in [0.3, 0.4) is 0 Å². The molecule has 0 amide bonds. The molecule has 3 rings (SSSR count). The molecule has 0 saturated heterocycles. The number of benzene rings is 2. The fourth-order valence-corrected chi connectivity index (χ4v) is 3.41. The molecule has 106 valence electrons. The Bertz CT molecular complexity index is 771. The third-order valence-corrected chi connectivity index (χ3v) is 4.46. The van der Waals surface area contributed by atoms with Gasteiger partial charge in [0.1, 0.15) is 11.4 Å². The fraction of sp³-hybridized carbons (Fsp3) is 0.125. The molecule has 1 N–H and O–H groups in total. The van der Waals surface area contributed by atoms with Crippen molar-refractivity contribution in [2.24, 2.45) is 0 Å².